The number of benzene rings is 6. The zero-order valence-corrected chi connectivity index (χ0v) is 40.7. The fourth-order valence-electron chi connectivity index (χ4n) is 7.25. The zero-order chi connectivity index (χ0) is 43.9. The van der Waals surface area contributed by atoms with Gasteiger partial charge in [-0.05, 0) is 178 Å². The SMILES string of the molecule is CC(C)Oc1c(Cl)cc(C(C)(C)CC(OC(CC(C)(C)c2cc(Cl)c(OC(C)C)c(Br)c2)c2cccc(Oc3ccccc3)c2)c2cccc(Oc3ccccc3)c2)cc1Br. The van der Waals surface area contributed by atoms with Crippen LogP contribution >= 0.6 is 55.1 Å². The first-order chi connectivity index (χ1) is 29.0. The van der Waals surface area contributed by atoms with Crippen molar-refractivity contribution in [1.29, 1.82) is 0 Å². The minimum absolute atomic E-state index is 0.0305. The average molecular weight is 990 g/mol. The van der Waals surface area contributed by atoms with E-state index in [4.69, 9.17) is 46.9 Å². The lowest BCUT2D eigenvalue weighted by Gasteiger charge is -2.36. The lowest BCUT2D eigenvalue weighted by molar-refractivity contribution is -0.0413. The number of rotatable bonds is 18. The summed E-state index contributed by atoms with van der Waals surface area (Å²) in [5.41, 5.74) is 3.20. The molecular formula is C52H54Br2Cl2O5. The molecule has 0 saturated carbocycles. The van der Waals surface area contributed by atoms with Crippen molar-refractivity contribution in [3.05, 3.63) is 175 Å². The molecule has 0 heterocycles. The predicted molar refractivity (Wildman–Crippen MR) is 258 cm³/mol. The highest BCUT2D eigenvalue weighted by Gasteiger charge is 2.34. The van der Waals surface area contributed by atoms with E-state index in [1.54, 1.807) is 0 Å². The van der Waals surface area contributed by atoms with Crippen molar-refractivity contribution >= 4 is 55.1 Å². The van der Waals surface area contributed by atoms with Crippen molar-refractivity contribution < 1.29 is 23.7 Å². The monoisotopic (exact) mass is 986 g/mol. The van der Waals surface area contributed by atoms with Gasteiger partial charge in [-0.25, -0.2) is 0 Å². The van der Waals surface area contributed by atoms with Gasteiger partial charge in [0.15, 0.2) is 11.5 Å². The first-order valence-corrected chi connectivity index (χ1v) is 22.9. The van der Waals surface area contributed by atoms with Gasteiger partial charge in [0.2, 0.25) is 0 Å². The number of halogens is 4. The van der Waals surface area contributed by atoms with Gasteiger partial charge in [0, 0.05) is 0 Å². The van der Waals surface area contributed by atoms with Crippen LogP contribution in [-0.2, 0) is 15.6 Å². The van der Waals surface area contributed by atoms with Crippen molar-refractivity contribution in [3.63, 3.8) is 0 Å². The summed E-state index contributed by atoms with van der Waals surface area (Å²) in [4.78, 5) is 0. The van der Waals surface area contributed by atoms with Crippen molar-refractivity contribution in [2.24, 2.45) is 0 Å². The maximum absolute atomic E-state index is 7.57. The average Bonchev–Trinajstić information content (AvgIpc) is 3.20. The maximum Gasteiger partial charge on any atom is 0.152 e. The first-order valence-electron chi connectivity index (χ1n) is 20.6. The highest BCUT2D eigenvalue weighted by atomic mass is 79.9. The van der Waals surface area contributed by atoms with Gasteiger partial charge in [-0.3, -0.25) is 0 Å². The molecular weight excluding hydrogens is 935 g/mol. The largest absolute Gasteiger partial charge is 0.488 e. The van der Waals surface area contributed by atoms with Gasteiger partial charge >= 0.3 is 0 Å². The molecule has 6 aromatic carbocycles. The molecule has 0 aliphatic heterocycles. The lowest BCUT2D eigenvalue weighted by Crippen LogP contribution is -2.27. The van der Waals surface area contributed by atoms with Gasteiger partial charge in [0.1, 0.15) is 23.0 Å². The van der Waals surface area contributed by atoms with E-state index in [1.165, 1.54) is 0 Å². The van der Waals surface area contributed by atoms with E-state index < -0.39 is 23.0 Å². The topological polar surface area (TPSA) is 46.2 Å². The predicted octanol–water partition coefficient (Wildman–Crippen LogP) is 17.2. The van der Waals surface area contributed by atoms with Crippen LogP contribution in [0.4, 0.5) is 0 Å². The van der Waals surface area contributed by atoms with E-state index in [1.807, 2.05) is 125 Å². The Kier molecular flexibility index (Phi) is 15.6. The summed E-state index contributed by atoms with van der Waals surface area (Å²) in [7, 11) is 0. The molecule has 5 nitrogen and oxygen atoms in total. The van der Waals surface area contributed by atoms with E-state index in [9.17, 15) is 0 Å². The molecule has 0 aliphatic carbocycles. The molecule has 0 bridgehead atoms. The molecule has 9 heteroatoms. The molecule has 61 heavy (non-hydrogen) atoms. The quantitative estimate of drug-likeness (QED) is 0.0859. The molecule has 0 saturated heterocycles. The zero-order valence-electron chi connectivity index (χ0n) is 36.0. The summed E-state index contributed by atoms with van der Waals surface area (Å²) in [5.74, 6) is 4.20. The number of hydrogen-bond acceptors (Lipinski definition) is 5. The van der Waals surface area contributed by atoms with Crippen LogP contribution in [0.25, 0.3) is 0 Å². The van der Waals surface area contributed by atoms with E-state index in [0.717, 1.165) is 54.2 Å². The van der Waals surface area contributed by atoms with Crippen molar-refractivity contribution in [3.8, 4) is 34.5 Å². The Hall–Kier alpha value is -3.98. The highest BCUT2D eigenvalue weighted by molar-refractivity contribution is 9.11. The Morgan fingerprint density at radius 2 is 0.836 bits per heavy atom. The number of para-hydroxylation sites is 2. The summed E-state index contributed by atoms with van der Waals surface area (Å²) in [6.45, 7) is 16.9. The summed E-state index contributed by atoms with van der Waals surface area (Å²) >= 11 is 21.4. The van der Waals surface area contributed by atoms with Gasteiger partial charge in [-0.15, -0.1) is 0 Å². The molecule has 320 valence electrons. The molecule has 0 fully saturated rings. The standard InChI is InChI=1S/C52H54Br2Cl2O5/c1-33(2)57-49-43(53)27-37(29-45(49)55)51(5,6)31-47(35-17-15-23-41(25-35)59-39-19-11-9-12-20-39)61-48(36-18-16-24-42(26-36)60-40-21-13-10-14-22-40)32-52(7,8)38-28-44(54)50(46(56)30-38)58-34(3)4/h9-30,33-34,47-48H,31-32H2,1-8H3. The van der Waals surface area contributed by atoms with E-state index in [-0.39, 0.29) is 12.2 Å². The first kappa shape index (κ1) is 46.5. The van der Waals surface area contributed by atoms with Gasteiger partial charge in [-0.2, -0.15) is 0 Å². The van der Waals surface area contributed by atoms with Crippen LogP contribution in [0.15, 0.2) is 142 Å². The normalized spacial score (nSPS) is 13.0. The summed E-state index contributed by atoms with van der Waals surface area (Å²) in [5, 5.41) is 1.10. The number of hydrogen-bond donors (Lipinski definition) is 0. The molecule has 0 N–H and O–H groups in total. The molecule has 0 radical (unpaired) electrons. The van der Waals surface area contributed by atoms with Crippen molar-refractivity contribution in [1.82, 2.24) is 0 Å². The maximum atomic E-state index is 7.57. The second-order valence-corrected chi connectivity index (χ2v) is 19.7. The van der Waals surface area contributed by atoms with Gasteiger partial charge in [0.25, 0.3) is 0 Å². The van der Waals surface area contributed by atoms with Crippen LogP contribution in [0.1, 0.15) is 103 Å². The smallest absolute Gasteiger partial charge is 0.152 e. The molecule has 0 amide bonds. The molecule has 0 aromatic heterocycles. The van der Waals surface area contributed by atoms with Crippen LogP contribution in [0.5, 0.6) is 34.5 Å². The van der Waals surface area contributed by atoms with Gasteiger partial charge in [0.05, 0.1) is 43.4 Å². The Morgan fingerprint density at radius 3 is 1.18 bits per heavy atom. The van der Waals surface area contributed by atoms with Gasteiger partial charge in [-0.1, -0.05) is 112 Å². The molecule has 2 atom stereocenters. The van der Waals surface area contributed by atoms with Crippen LogP contribution in [-0.4, -0.2) is 12.2 Å². The second-order valence-electron chi connectivity index (χ2n) is 17.1. The van der Waals surface area contributed by atoms with Crippen LogP contribution in [0.2, 0.25) is 10.0 Å². The molecule has 6 aromatic rings. The van der Waals surface area contributed by atoms with E-state index >= 15 is 0 Å². The fraction of sp³-hybridized carbons (Fsp3) is 0.308. The van der Waals surface area contributed by atoms with Crippen LogP contribution in [0.3, 0.4) is 0 Å². The minimum Gasteiger partial charge on any atom is -0.488 e. The third kappa shape index (κ3) is 12.6. The molecule has 2 unspecified atom stereocenters. The van der Waals surface area contributed by atoms with Crippen LogP contribution < -0.4 is 18.9 Å². The second kappa shape index (κ2) is 20.5. The summed E-state index contributed by atoms with van der Waals surface area (Å²) in [6, 6.07) is 44.2. The number of ether oxygens (including phenoxy) is 5. The molecule has 0 aliphatic rings. The third-order valence-corrected chi connectivity index (χ3v) is 12.1. The minimum atomic E-state index is -0.424. The highest BCUT2D eigenvalue weighted by Crippen LogP contribution is 2.47. The Labute approximate surface area is 388 Å². The summed E-state index contributed by atoms with van der Waals surface area (Å²) in [6.07, 6.45) is 0.328. The molecule has 6 rings (SSSR count). The Balaban J connectivity index is 1.44. The summed E-state index contributed by atoms with van der Waals surface area (Å²) < 4.78 is 34.1. The Morgan fingerprint density at radius 1 is 0.475 bits per heavy atom. The Bertz CT molecular complexity index is 2170. The van der Waals surface area contributed by atoms with E-state index in [2.05, 4.69) is 96.0 Å². The third-order valence-electron chi connectivity index (χ3n) is 10.4. The van der Waals surface area contributed by atoms with E-state index in [0.29, 0.717) is 34.4 Å². The van der Waals surface area contributed by atoms with Crippen molar-refractivity contribution in [2.75, 3.05) is 0 Å². The van der Waals surface area contributed by atoms with Crippen LogP contribution in [0, 0.1) is 0 Å². The lowest BCUT2D eigenvalue weighted by atomic mass is 9.77. The van der Waals surface area contributed by atoms with Crippen molar-refractivity contribution in [2.45, 2.75) is 103 Å². The molecule has 0 spiro atoms. The van der Waals surface area contributed by atoms with Gasteiger partial charge < -0.3 is 23.7 Å². The fourth-order valence-corrected chi connectivity index (χ4v) is 9.12.